The number of nitrogens with one attached hydrogen (secondary N) is 1. The van der Waals surface area contributed by atoms with E-state index in [1.807, 2.05) is 0 Å². The standard InChI is InChI=1S/C50H83NO12/c52-45(29-25-39-15-5-1-6-16-39)58-35-43(36-59-46(53)30-26-40-17-7-2-8-18-40)62-49(56)23-13-33-51-34-14-24-50(57)63-44(37-60-47(54)31-27-41-19-9-3-10-20-41)38-61-48(55)32-28-42-21-11-4-12-22-42/h39-44,51H,1-38H2. The van der Waals surface area contributed by atoms with E-state index in [0.717, 1.165) is 77.0 Å². The number of ether oxygens (including phenoxy) is 6. The molecule has 0 aromatic carbocycles. The smallest absolute Gasteiger partial charge is 0.306 e. The maximum absolute atomic E-state index is 12.8. The molecule has 1 N–H and O–H groups in total. The molecule has 0 unspecified atom stereocenters. The first kappa shape index (κ1) is 52.4. The van der Waals surface area contributed by atoms with Gasteiger partial charge in [-0.15, -0.1) is 0 Å². The first-order valence-corrected chi connectivity index (χ1v) is 25.4. The Kier molecular flexibility index (Phi) is 27.0. The van der Waals surface area contributed by atoms with Gasteiger partial charge in [-0.05, 0) is 75.3 Å². The summed E-state index contributed by atoms with van der Waals surface area (Å²) < 4.78 is 33.3. The molecule has 4 fully saturated rings. The number of rotatable bonds is 30. The molecule has 0 spiro atoms. The van der Waals surface area contributed by atoms with Crippen molar-refractivity contribution in [3.8, 4) is 0 Å². The third-order valence-corrected chi connectivity index (χ3v) is 13.7. The van der Waals surface area contributed by atoms with Crippen LogP contribution in [-0.2, 0) is 57.2 Å². The quantitative estimate of drug-likeness (QED) is 0.0411. The lowest BCUT2D eigenvalue weighted by Gasteiger charge is -2.22. The minimum absolute atomic E-state index is 0.108. The molecule has 4 saturated carbocycles. The predicted octanol–water partition coefficient (Wildman–Crippen LogP) is 9.57. The number of carbonyl (C=O) groups excluding carboxylic acids is 6. The minimum atomic E-state index is -0.882. The van der Waals surface area contributed by atoms with Crippen molar-refractivity contribution in [1.82, 2.24) is 5.32 Å². The second-order valence-electron chi connectivity index (χ2n) is 19.1. The molecule has 0 amide bonds. The van der Waals surface area contributed by atoms with Gasteiger partial charge >= 0.3 is 35.8 Å². The third kappa shape index (κ3) is 25.2. The first-order valence-electron chi connectivity index (χ1n) is 25.4. The Bertz CT molecular complexity index is 1140. The van der Waals surface area contributed by atoms with E-state index >= 15 is 0 Å². The molecular formula is C50H83NO12. The van der Waals surface area contributed by atoms with Crippen molar-refractivity contribution >= 4 is 35.8 Å². The summed E-state index contributed by atoms with van der Waals surface area (Å²) in [5.41, 5.74) is 0. The highest BCUT2D eigenvalue weighted by Crippen LogP contribution is 2.30. The molecule has 13 heteroatoms. The van der Waals surface area contributed by atoms with Crippen molar-refractivity contribution in [1.29, 1.82) is 0 Å². The van der Waals surface area contributed by atoms with Crippen LogP contribution >= 0.6 is 0 Å². The summed E-state index contributed by atoms with van der Waals surface area (Å²) in [5, 5.41) is 3.23. The number of hydrogen-bond acceptors (Lipinski definition) is 13. The molecule has 360 valence electrons. The molecule has 0 saturated heterocycles. The van der Waals surface area contributed by atoms with Gasteiger partial charge in [0.1, 0.15) is 26.4 Å². The molecule has 0 aliphatic heterocycles. The number of esters is 6. The van der Waals surface area contributed by atoms with Crippen molar-refractivity contribution in [3.63, 3.8) is 0 Å². The molecule has 4 aliphatic carbocycles. The van der Waals surface area contributed by atoms with Gasteiger partial charge in [-0.3, -0.25) is 28.8 Å². The summed E-state index contributed by atoms with van der Waals surface area (Å²) >= 11 is 0. The minimum Gasteiger partial charge on any atom is -0.462 e. The fourth-order valence-corrected chi connectivity index (χ4v) is 9.79. The van der Waals surface area contributed by atoms with Gasteiger partial charge in [0.05, 0.1) is 0 Å². The Morgan fingerprint density at radius 3 is 0.857 bits per heavy atom. The zero-order valence-electron chi connectivity index (χ0n) is 38.7. The molecule has 0 atom stereocenters. The predicted molar refractivity (Wildman–Crippen MR) is 238 cm³/mol. The monoisotopic (exact) mass is 890 g/mol. The van der Waals surface area contributed by atoms with E-state index in [2.05, 4.69) is 5.32 Å². The Labute approximate surface area is 378 Å². The van der Waals surface area contributed by atoms with Gasteiger partial charge in [-0.1, -0.05) is 128 Å². The highest BCUT2D eigenvalue weighted by molar-refractivity contribution is 5.72. The molecule has 0 bridgehead atoms. The molecule has 63 heavy (non-hydrogen) atoms. The van der Waals surface area contributed by atoms with E-state index < -0.39 is 24.1 Å². The van der Waals surface area contributed by atoms with Gasteiger partial charge in [0.25, 0.3) is 0 Å². The van der Waals surface area contributed by atoms with Crippen LogP contribution in [0.25, 0.3) is 0 Å². The second kappa shape index (κ2) is 32.4. The van der Waals surface area contributed by atoms with Crippen LogP contribution in [0.1, 0.15) is 205 Å². The summed E-state index contributed by atoms with van der Waals surface area (Å²) in [5.74, 6) is -0.0902. The summed E-state index contributed by atoms with van der Waals surface area (Å²) in [6.45, 7) is 0.352. The van der Waals surface area contributed by atoms with Gasteiger partial charge < -0.3 is 33.7 Å². The van der Waals surface area contributed by atoms with Crippen LogP contribution in [0.4, 0.5) is 0 Å². The topological polar surface area (TPSA) is 170 Å². The zero-order valence-corrected chi connectivity index (χ0v) is 38.7. The SMILES string of the molecule is O=C(CCC1CCCCC1)OCC(COC(=O)CCC1CCCCC1)OC(=O)CCCNCCCC(=O)OC(COC(=O)CCC1CCCCC1)COC(=O)CCC1CCCCC1. The largest absolute Gasteiger partial charge is 0.462 e. The first-order chi connectivity index (χ1) is 30.7. The Morgan fingerprint density at radius 2 is 0.603 bits per heavy atom. The van der Waals surface area contributed by atoms with Crippen LogP contribution < -0.4 is 5.32 Å². The second-order valence-corrected chi connectivity index (χ2v) is 19.1. The van der Waals surface area contributed by atoms with Crippen LogP contribution in [0.2, 0.25) is 0 Å². The van der Waals surface area contributed by atoms with Crippen molar-refractivity contribution in [2.45, 2.75) is 218 Å². The average molecular weight is 890 g/mol. The fourth-order valence-electron chi connectivity index (χ4n) is 9.79. The van der Waals surface area contributed by atoms with Gasteiger partial charge in [-0.25, -0.2) is 0 Å². The molecule has 13 nitrogen and oxygen atoms in total. The summed E-state index contributed by atoms with van der Waals surface area (Å²) in [6.07, 6.45) is 27.7. The maximum atomic E-state index is 12.8. The fraction of sp³-hybridized carbons (Fsp3) is 0.880. The Balaban J connectivity index is 1.11. The lowest BCUT2D eigenvalue weighted by molar-refractivity contribution is -0.167. The highest BCUT2D eigenvalue weighted by Gasteiger charge is 2.24. The zero-order chi connectivity index (χ0) is 44.7. The van der Waals surface area contributed by atoms with Gasteiger partial charge in [0.15, 0.2) is 12.2 Å². The van der Waals surface area contributed by atoms with Crippen molar-refractivity contribution < 1.29 is 57.2 Å². The average Bonchev–Trinajstić information content (AvgIpc) is 3.31. The number of hydrogen-bond donors (Lipinski definition) is 1. The van der Waals surface area contributed by atoms with Crippen LogP contribution in [-0.4, -0.2) is 87.5 Å². The van der Waals surface area contributed by atoms with Crippen LogP contribution in [0.3, 0.4) is 0 Å². The van der Waals surface area contributed by atoms with E-state index in [1.165, 1.54) is 77.0 Å². The molecule has 4 aliphatic rings. The third-order valence-electron chi connectivity index (χ3n) is 13.7. The lowest BCUT2D eigenvalue weighted by atomic mass is 9.86. The molecule has 0 aromatic rings. The molecule has 0 radical (unpaired) electrons. The van der Waals surface area contributed by atoms with E-state index in [-0.39, 0.29) is 63.1 Å². The van der Waals surface area contributed by atoms with Gasteiger partial charge in [-0.2, -0.15) is 0 Å². The highest BCUT2D eigenvalue weighted by atomic mass is 16.6. The molecule has 0 aromatic heterocycles. The van der Waals surface area contributed by atoms with Crippen molar-refractivity contribution in [3.05, 3.63) is 0 Å². The Hall–Kier alpha value is -3.22. The van der Waals surface area contributed by atoms with E-state index in [9.17, 15) is 28.8 Å². The van der Waals surface area contributed by atoms with Crippen molar-refractivity contribution in [2.75, 3.05) is 39.5 Å². The van der Waals surface area contributed by atoms with E-state index in [0.29, 0.717) is 75.3 Å². The number of carbonyl (C=O) groups is 6. The van der Waals surface area contributed by atoms with Crippen LogP contribution in [0.5, 0.6) is 0 Å². The molecule has 0 heterocycles. The van der Waals surface area contributed by atoms with Gasteiger partial charge in [0.2, 0.25) is 0 Å². The van der Waals surface area contributed by atoms with Crippen LogP contribution in [0, 0.1) is 23.7 Å². The van der Waals surface area contributed by atoms with Crippen LogP contribution in [0.15, 0.2) is 0 Å². The van der Waals surface area contributed by atoms with E-state index in [4.69, 9.17) is 28.4 Å². The summed E-state index contributed by atoms with van der Waals surface area (Å²) in [7, 11) is 0. The summed E-state index contributed by atoms with van der Waals surface area (Å²) in [6, 6.07) is 0. The maximum Gasteiger partial charge on any atom is 0.306 e. The van der Waals surface area contributed by atoms with Crippen molar-refractivity contribution in [2.24, 2.45) is 23.7 Å². The Morgan fingerprint density at radius 1 is 0.349 bits per heavy atom. The van der Waals surface area contributed by atoms with E-state index in [1.54, 1.807) is 0 Å². The molecular weight excluding hydrogens is 807 g/mol. The summed E-state index contributed by atoms with van der Waals surface area (Å²) in [4.78, 5) is 76.0. The van der Waals surface area contributed by atoms with Gasteiger partial charge in [0, 0.05) is 38.5 Å². The normalized spacial score (nSPS) is 18.2. The lowest BCUT2D eigenvalue weighted by Crippen LogP contribution is -2.31. The molecule has 4 rings (SSSR count).